The molecule has 1 saturated heterocycles. The number of piperazine rings is 1. The predicted octanol–water partition coefficient (Wildman–Crippen LogP) is 5.66. The van der Waals surface area contributed by atoms with Crippen LogP contribution in [0.1, 0.15) is 37.0 Å². The van der Waals surface area contributed by atoms with E-state index in [4.69, 9.17) is 9.72 Å². The lowest BCUT2D eigenvalue weighted by atomic mass is 10.1. The zero-order valence-electron chi connectivity index (χ0n) is 20.8. The van der Waals surface area contributed by atoms with E-state index < -0.39 is 5.97 Å². The third-order valence-corrected chi connectivity index (χ3v) is 5.90. The average Bonchev–Trinajstić information content (AvgIpc) is 2.84. The molecule has 2 N–H and O–H groups in total. The van der Waals surface area contributed by atoms with Gasteiger partial charge in [-0.3, -0.25) is 4.79 Å². The van der Waals surface area contributed by atoms with E-state index >= 15 is 0 Å². The van der Waals surface area contributed by atoms with E-state index in [-0.39, 0.29) is 48.7 Å². The van der Waals surface area contributed by atoms with Gasteiger partial charge in [0, 0.05) is 43.7 Å². The van der Waals surface area contributed by atoms with Crippen molar-refractivity contribution in [1.82, 2.24) is 4.98 Å². The molecule has 2 aromatic carbocycles. The number of carboxylic acids is 1. The van der Waals surface area contributed by atoms with E-state index in [0.29, 0.717) is 48.5 Å². The van der Waals surface area contributed by atoms with Crippen LogP contribution in [0.3, 0.4) is 0 Å². The Kier molecular flexibility index (Phi) is 12.8. The monoisotopic (exact) mass is 570 g/mol. The van der Waals surface area contributed by atoms with E-state index in [1.807, 2.05) is 32.0 Å². The van der Waals surface area contributed by atoms with Crippen LogP contribution in [0.25, 0.3) is 10.9 Å². The molecular weight excluding hydrogens is 539 g/mol. The van der Waals surface area contributed by atoms with Gasteiger partial charge in [-0.2, -0.15) is 0 Å². The van der Waals surface area contributed by atoms with Crippen molar-refractivity contribution in [2.45, 2.75) is 26.7 Å². The number of amides is 1. The van der Waals surface area contributed by atoms with Crippen LogP contribution in [-0.2, 0) is 4.79 Å². The van der Waals surface area contributed by atoms with E-state index in [1.165, 1.54) is 0 Å². The van der Waals surface area contributed by atoms with E-state index in [9.17, 15) is 14.7 Å². The predicted molar refractivity (Wildman–Crippen MR) is 156 cm³/mol. The number of benzene rings is 2. The summed E-state index contributed by atoms with van der Waals surface area (Å²) in [5.41, 5.74) is 2.41. The van der Waals surface area contributed by atoms with Crippen LogP contribution in [0.5, 0.6) is 5.75 Å². The third-order valence-electron chi connectivity index (χ3n) is 5.90. The molecular formula is C26H33Cl3N4O4. The molecule has 11 heteroatoms. The van der Waals surface area contributed by atoms with Crippen molar-refractivity contribution >= 4 is 77.2 Å². The molecule has 3 aromatic rings. The molecule has 0 atom stereocenters. The summed E-state index contributed by atoms with van der Waals surface area (Å²) in [6.07, 6.45) is 1.16. The third kappa shape index (κ3) is 7.53. The number of ether oxygens (including phenoxy) is 1. The van der Waals surface area contributed by atoms with Crippen LogP contribution in [0.15, 0.2) is 48.5 Å². The number of aromatic carboxylic acids is 1. The van der Waals surface area contributed by atoms with Crippen LogP contribution in [-0.4, -0.2) is 54.8 Å². The highest BCUT2D eigenvalue weighted by molar-refractivity contribution is 6.05. The number of carbonyl (C=O) groups is 2. The van der Waals surface area contributed by atoms with Crippen LogP contribution in [0.2, 0.25) is 0 Å². The molecule has 1 aliphatic rings. The second kappa shape index (κ2) is 14.7. The summed E-state index contributed by atoms with van der Waals surface area (Å²) >= 11 is 0. The molecule has 0 aliphatic carbocycles. The van der Waals surface area contributed by atoms with Gasteiger partial charge in [-0.05, 0) is 49.7 Å². The zero-order valence-corrected chi connectivity index (χ0v) is 23.3. The first-order chi connectivity index (χ1) is 16.5. The molecule has 4 rings (SSSR count). The highest BCUT2D eigenvalue weighted by Crippen LogP contribution is 2.31. The standard InChI is InChI=1S/C26H30N4O4.3ClH/c1-3-7-25(31)27-18-10-11-21-19(16-18)20(26(32)33)17-24(28-21)30-14-12-29(13-15-30)22-8-5-6-9-23(22)34-4-2;;;/h5-6,8-11,16-17H,3-4,7,12-15H2,1-2H3,(H,27,31)(H,32,33);3*1H. The summed E-state index contributed by atoms with van der Waals surface area (Å²) in [5, 5.41) is 13.2. The average molecular weight is 572 g/mol. The Bertz CT molecular complexity index is 1200. The van der Waals surface area contributed by atoms with Crippen LogP contribution in [0.4, 0.5) is 17.2 Å². The van der Waals surface area contributed by atoms with E-state index in [1.54, 1.807) is 24.3 Å². The maximum Gasteiger partial charge on any atom is 0.336 e. The van der Waals surface area contributed by atoms with Crippen LogP contribution in [0, 0.1) is 0 Å². The lowest BCUT2D eigenvalue weighted by Gasteiger charge is -2.37. The number of nitrogens with zero attached hydrogens (tertiary/aromatic N) is 3. The van der Waals surface area contributed by atoms with E-state index in [2.05, 4.69) is 21.2 Å². The van der Waals surface area contributed by atoms with Gasteiger partial charge in [-0.1, -0.05) is 19.1 Å². The summed E-state index contributed by atoms with van der Waals surface area (Å²) in [4.78, 5) is 33.2. The number of pyridine rings is 1. The largest absolute Gasteiger partial charge is 0.492 e. The number of hydrogen-bond acceptors (Lipinski definition) is 6. The minimum absolute atomic E-state index is 0. The summed E-state index contributed by atoms with van der Waals surface area (Å²) < 4.78 is 5.78. The van der Waals surface area contributed by atoms with Gasteiger partial charge in [0.15, 0.2) is 0 Å². The summed E-state index contributed by atoms with van der Waals surface area (Å²) in [6, 6.07) is 14.9. The number of nitrogens with one attached hydrogen (secondary N) is 1. The number of halogens is 3. The first-order valence-corrected chi connectivity index (χ1v) is 11.7. The first kappa shape index (κ1) is 32.1. The fourth-order valence-electron chi connectivity index (χ4n) is 4.25. The van der Waals surface area contributed by atoms with Crippen molar-refractivity contribution in [3.63, 3.8) is 0 Å². The van der Waals surface area contributed by atoms with Crippen molar-refractivity contribution in [1.29, 1.82) is 0 Å². The molecule has 0 radical (unpaired) electrons. The van der Waals surface area contributed by atoms with Gasteiger partial charge in [0.05, 0.1) is 23.4 Å². The highest BCUT2D eigenvalue weighted by atomic mass is 35.5. The minimum Gasteiger partial charge on any atom is -0.492 e. The molecule has 8 nitrogen and oxygen atoms in total. The maximum absolute atomic E-state index is 12.1. The highest BCUT2D eigenvalue weighted by Gasteiger charge is 2.22. The van der Waals surface area contributed by atoms with Gasteiger partial charge in [-0.15, -0.1) is 37.2 Å². The van der Waals surface area contributed by atoms with Crippen molar-refractivity contribution in [3.05, 3.63) is 54.1 Å². The van der Waals surface area contributed by atoms with Gasteiger partial charge in [0.25, 0.3) is 0 Å². The van der Waals surface area contributed by atoms with Crippen molar-refractivity contribution in [3.8, 4) is 5.75 Å². The number of carbonyl (C=O) groups excluding carboxylic acids is 1. The van der Waals surface area contributed by atoms with Gasteiger partial charge in [-0.25, -0.2) is 9.78 Å². The van der Waals surface area contributed by atoms with Crippen LogP contribution >= 0.6 is 37.2 Å². The molecule has 2 heterocycles. The number of para-hydroxylation sites is 2. The molecule has 1 amide bonds. The van der Waals surface area contributed by atoms with Crippen molar-refractivity contribution in [2.24, 2.45) is 0 Å². The SMILES string of the molecule is CCCC(=O)Nc1ccc2nc(N3CCN(c4ccccc4OCC)CC3)cc(C(=O)O)c2c1.Cl.Cl.Cl. The normalized spacial score (nSPS) is 12.6. The Morgan fingerprint density at radius 1 is 0.973 bits per heavy atom. The summed E-state index contributed by atoms with van der Waals surface area (Å²) in [7, 11) is 0. The Balaban J connectivity index is 0.00000228. The number of hydrogen-bond donors (Lipinski definition) is 2. The van der Waals surface area contributed by atoms with E-state index in [0.717, 1.165) is 30.9 Å². The quantitative estimate of drug-likeness (QED) is 0.360. The number of fused-ring (bicyclic) bond motifs is 1. The van der Waals surface area contributed by atoms with Crippen molar-refractivity contribution < 1.29 is 19.4 Å². The number of anilines is 3. The fourth-order valence-corrected chi connectivity index (χ4v) is 4.25. The summed E-state index contributed by atoms with van der Waals surface area (Å²) in [5.74, 6) is 0.407. The first-order valence-electron chi connectivity index (χ1n) is 11.7. The lowest BCUT2D eigenvalue weighted by Crippen LogP contribution is -2.47. The number of carboxylic acid groups (broad SMARTS) is 1. The second-order valence-electron chi connectivity index (χ2n) is 8.24. The number of aromatic nitrogens is 1. The molecule has 1 aliphatic heterocycles. The van der Waals surface area contributed by atoms with Gasteiger partial charge < -0.3 is 25.0 Å². The second-order valence-corrected chi connectivity index (χ2v) is 8.24. The maximum atomic E-state index is 12.1. The Labute approximate surface area is 235 Å². The molecule has 0 unspecified atom stereocenters. The molecule has 0 bridgehead atoms. The lowest BCUT2D eigenvalue weighted by molar-refractivity contribution is -0.116. The Morgan fingerprint density at radius 2 is 1.65 bits per heavy atom. The zero-order chi connectivity index (χ0) is 24.1. The molecule has 37 heavy (non-hydrogen) atoms. The van der Waals surface area contributed by atoms with Crippen LogP contribution < -0.4 is 19.9 Å². The number of rotatable bonds is 8. The summed E-state index contributed by atoms with van der Waals surface area (Å²) in [6.45, 7) is 7.49. The smallest absolute Gasteiger partial charge is 0.336 e. The minimum atomic E-state index is -1.02. The van der Waals surface area contributed by atoms with Gasteiger partial charge >= 0.3 is 5.97 Å². The fraction of sp³-hybridized carbons (Fsp3) is 0.346. The van der Waals surface area contributed by atoms with Gasteiger partial charge in [0.2, 0.25) is 5.91 Å². The molecule has 1 fully saturated rings. The molecule has 0 spiro atoms. The topological polar surface area (TPSA) is 95.0 Å². The van der Waals surface area contributed by atoms with Gasteiger partial charge in [0.1, 0.15) is 11.6 Å². The van der Waals surface area contributed by atoms with Crippen molar-refractivity contribution in [2.75, 3.05) is 47.9 Å². The molecule has 1 aromatic heterocycles. The Morgan fingerprint density at radius 3 is 2.30 bits per heavy atom. The molecule has 202 valence electrons. The molecule has 0 saturated carbocycles. The Hall–Kier alpha value is -2.94.